The number of nitrogens with zero attached hydrogens (tertiary/aromatic N) is 1. The van der Waals surface area contributed by atoms with Crippen molar-refractivity contribution in [2.45, 2.75) is 6.42 Å². The smallest absolute Gasteiger partial charge is 0.00579 e. The first-order valence-electron chi connectivity index (χ1n) is 2.33. The predicted molar refractivity (Wildman–Crippen MR) is 32.8 cm³/mol. The molecule has 0 unspecified atom stereocenters. The summed E-state index contributed by atoms with van der Waals surface area (Å²) in [7, 11) is 3.93. The van der Waals surface area contributed by atoms with Crippen LogP contribution in [0.3, 0.4) is 0 Å². The summed E-state index contributed by atoms with van der Waals surface area (Å²) in [6.07, 6.45) is 0.799. The van der Waals surface area contributed by atoms with Gasteiger partial charge in [0.2, 0.25) is 0 Å². The summed E-state index contributed by atoms with van der Waals surface area (Å²) >= 11 is 0. The Morgan fingerprint density at radius 1 is 1.57 bits per heavy atom. The number of allylic oxidation sites excluding steroid dienone is 1. The minimum absolute atomic E-state index is 0.799. The Balaban J connectivity index is 3.35. The first-order valence-corrected chi connectivity index (χ1v) is 2.33. The fourth-order valence-electron chi connectivity index (χ4n) is 0.224. The van der Waals surface area contributed by atoms with E-state index in [0.29, 0.717) is 0 Å². The molecule has 0 saturated heterocycles. The quantitative estimate of drug-likeness (QED) is 0.503. The molecule has 0 N–H and O–H groups in total. The fraction of sp³-hybridized carbons (Fsp3) is 0.500. The van der Waals surface area contributed by atoms with E-state index in [2.05, 4.69) is 13.5 Å². The Hall–Kier alpha value is -0.460. The van der Waals surface area contributed by atoms with E-state index in [0.717, 1.165) is 12.1 Å². The van der Waals surface area contributed by atoms with Gasteiger partial charge in [0.25, 0.3) is 0 Å². The molecule has 0 bridgehead atoms. The summed E-state index contributed by atoms with van der Waals surface area (Å²) in [5, 5.41) is 0. The minimum Gasteiger partial charge on any atom is -0.381 e. The molecule has 1 radical (unpaired) electrons. The molecular formula is C6H12N. The maximum absolute atomic E-state index is 3.74. The zero-order chi connectivity index (χ0) is 5.86. The molecule has 0 heterocycles. The van der Waals surface area contributed by atoms with E-state index in [1.54, 1.807) is 0 Å². The van der Waals surface area contributed by atoms with E-state index in [1.165, 1.54) is 0 Å². The van der Waals surface area contributed by atoms with Crippen LogP contribution in [-0.2, 0) is 0 Å². The highest BCUT2D eigenvalue weighted by Crippen LogP contribution is 1.96. The second-order valence-electron chi connectivity index (χ2n) is 1.71. The Labute approximate surface area is 45.6 Å². The standard InChI is InChI=1S/C6H12N/c1-5-6(2)7(3)4/h1-2,5H2,3-4H3. The lowest BCUT2D eigenvalue weighted by Gasteiger charge is -2.12. The molecule has 0 rings (SSSR count). The molecule has 0 aliphatic carbocycles. The molecular weight excluding hydrogens is 86.1 g/mol. The minimum atomic E-state index is 0.799. The van der Waals surface area contributed by atoms with Crippen molar-refractivity contribution in [2.75, 3.05) is 14.1 Å². The molecule has 0 amide bonds. The van der Waals surface area contributed by atoms with Crippen molar-refractivity contribution in [1.82, 2.24) is 4.90 Å². The molecule has 1 nitrogen and oxygen atoms in total. The summed E-state index contributed by atoms with van der Waals surface area (Å²) < 4.78 is 0. The van der Waals surface area contributed by atoms with Crippen LogP contribution in [0.1, 0.15) is 6.42 Å². The molecule has 7 heavy (non-hydrogen) atoms. The average molecular weight is 98.2 g/mol. The molecule has 0 aliphatic heterocycles. The van der Waals surface area contributed by atoms with Gasteiger partial charge in [0, 0.05) is 19.8 Å². The fourth-order valence-corrected chi connectivity index (χ4v) is 0.224. The summed E-state index contributed by atoms with van der Waals surface area (Å²) in [5.74, 6) is 0. The third-order valence-electron chi connectivity index (χ3n) is 0.921. The highest BCUT2D eigenvalue weighted by Gasteiger charge is 1.86. The van der Waals surface area contributed by atoms with Gasteiger partial charge >= 0.3 is 0 Å². The monoisotopic (exact) mass is 98.1 g/mol. The Morgan fingerprint density at radius 2 is 2.00 bits per heavy atom. The van der Waals surface area contributed by atoms with E-state index in [1.807, 2.05) is 19.0 Å². The van der Waals surface area contributed by atoms with Crippen molar-refractivity contribution in [1.29, 1.82) is 0 Å². The van der Waals surface area contributed by atoms with E-state index in [9.17, 15) is 0 Å². The normalized spacial score (nSPS) is 8.43. The van der Waals surface area contributed by atoms with Crippen molar-refractivity contribution in [3.63, 3.8) is 0 Å². The maximum atomic E-state index is 3.74. The Morgan fingerprint density at radius 3 is 2.00 bits per heavy atom. The van der Waals surface area contributed by atoms with Crippen LogP contribution in [-0.4, -0.2) is 19.0 Å². The van der Waals surface area contributed by atoms with Gasteiger partial charge in [0.1, 0.15) is 0 Å². The summed E-state index contributed by atoms with van der Waals surface area (Å²) in [5.41, 5.74) is 1.07. The summed E-state index contributed by atoms with van der Waals surface area (Å²) in [6, 6.07) is 0. The third kappa shape index (κ3) is 2.26. The topological polar surface area (TPSA) is 3.24 Å². The lowest BCUT2D eigenvalue weighted by molar-refractivity contribution is 0.503. The van der Waals surface area contributed by atoms with Gasteiger partial charge in [-0.15, -0.1) is 0 Å². The van der Waals surface area contributed by atoms with E-state index in [4.69, 9.17) is 0 Å². The van der Waals surface area contributed by atoms with Crippen molar-refractivity contribution in [2.24, 2.45) is 0 Å². The van der Waals surface area contributed by atoms with Crippen LogP contribution in [0.4, 0.5) is 0 Å². The van der Waals surface area contributed by atoms with E-state index in [-0.39, 0.29) is 0 Å². The third-order valence-corrected chi connectivity index (χ3v) is 0.921. The zero-order valence-electron chi connectivity index (χ0n) is 5.07. The highest BCUT2D eigenvalue weighted by atomic mass is 15.1. The highest BCUT2D eigenvalue weighted by molar-refractivity contribution is 4.90. The molecule has 0 aromatic rings. The maximum Gasteiger partial charge on any atom is 0.00579 e. The number of hydrogen-bond donors (Lipinski definition) is 0. The zero-order valence-corrected chi connectivity index (χ0v) is 5.07. The van der Waals surface area contributed by atoms with Crippen LogP contribution in [0.2, 0.25) is 0 Å². The molecule has 0 aromatic heterocycles. The van der Waals surface area contributed by atoms with Crippen molar-refractivity contribution >= 4 is 0 Å². The van der Waals surface area contributed by atoms with E-state index < -0.39 is 0 Å². The molecule has 41 valence electrons. The van der Waals surface area contributed by atoms with Gasteiger partial charge in [-0.3, -0.25) is 0 Å². The largest absolute Gasteiger partial charge is 0.381 e. The van der Waals surface area contributed by atoms with Gasteiger partial charge in [0.15, 0.2) is 0 Å². The van der Waals surface area contributed by atoms with Crippen LogP contribution >= 0.6 is 0 Å². The van der Waals surface area contributed by atoms with Gasteiger partial charge in [-0.1, -0.05) is 6.58 Å². The lowest BCUT2D eigenvalue weighted by atomic mass is 10.4. The molecule has 0 aromatic carbocycles. The van der Waals surface area contributed by atoms with Gasteiger partial charge in [-0.25, -0.2) is 0 Å². The lowest BCUT2D eigenvalue weighted by Crippen LogP contribution is -2.08. The Kier molecular flexibility index (Phi) is 2.49. The van der Waals surface area contributed by atoms with E-state index >= 15 is 0 Å². The molecule has 0 atom stereocenters. The van der Waals surface area contributed by atoms with Gasteiger partial charge in [-0.05, 0) is 13.3 Å². The predicted octanol–water partition coefficient (Wildman–Crippen LogP) is 1.29. The first-order chi connectivity index (χ1) is 3.18. The van der Waals surface area contributed by atoms with Crippen LogP contribution < -0.4 is 0 Å². The summed E-state index contributed by atoms with van der Waals surface area (Å²) in [6.45, 7) is 7.40. The van der Waals surface area contributed by atoms with Gasteiger partial charge in [-0.2, -0.15) is 0 Å². The molecule has 0 aliphatic rings. The molecule has 0 saturated carbocycles. The average Bonchev–Trinajstić information content (AvgIpc) is 1.65. The first kappa shape index (κ1) is 6.54. The van der Waals surface area contributed by atoms with Crippen LogP contribution in [0.25, 0.3) is 0 Å². The van der Waals surface area contributed by atoms with Gasteiger partial charge < -0.3 is 4.90 Å². The van der Waals surface area contributed by atoms with Crippen LogP contribution in [0.15, 0.2) is 12.3 Å². The van der Waals surface area contributed by atoms with Crippen molar-refractivity contribution < 1.29 is 0 Å². The number of hydrogen-bond acceptors (Lipinski definition) is 1. The van der Waals surface area contributed by atoms with Gasteiger partial charge in [0.05, 0.1) is 0 Å². The Bertz CT molecular complexity index is 64.6. The molecule has 1 heteroatoms. The van der Waals surface area contributed by atoms with Crippen LogP contribution in [0, 0.1) is 6.92 Å². The van der Waals surface area contributed by atoms with Crippen molar-refractivity contribution in [3.8, 4) is 0 Å². The molecule has 0 fully saturated rings. The van der Waals surface area contributed by atoms with Crippen molar-refractivity contribution in [3.05, 3.63) is 19.2 Å². The molecule has 0 spiro atoms. The second-order valence-corrected chi connectivity index (χ2v) is 1.71. The SMILES string of the molecule is [CH2]CC(=C)N(C)C. The van der Waals surface area contributed by atoms with Crippen LogP contribution in [0.5, 0.6) is 0 Å². The number of rotatable bonds is 2. The summed E-state index contributed by atoms with van der Waals surface area (Å²) in [4.78, 5) is 1.97. The second kappa shape index (κ2) is 2.67.